The number of aryl methyl sites for hydroxylation is 1. The molecule has 1 aliphatic rings. The molecule has 2 N–H and O–H groups in total. The Kier molecular flexibility index (Phi) is 4.04. The highest BCUT2D eigenvalue weighted by atomic mass is 32.2. The van der Waals surface area contributed by atoms with Crippen molar-refractivity contribution >= 4 is 39.1 Å². The highest BCUT2D eigenvalue weighted by molar-refractivity contribution is 8.03. The zero-order valence-corrected chi connectivity index (χ0v) is 13.3. The number of rotatable bonds is 4. The number of hydrogen-bond donors (Lipinski definition) is 2. The van der Waals surface area contributed by atoms with Gasteiger partial charge in [0.05, 0.1) is 16.0 Å². The molecule has 114 valence electrons. The van der Waals surface area contributed by atoms with Gasteiger partial charge in [0.25, 0.3) is 5.91 Å². The first kappa shape index (κ1) is 14.9. The monoisotopic (exact) mass is 335 g/mol. The van der Waals surface area contributed by atoms with Crippen LogP contribution in [0.25, 0.3) is 10.1 Å². The Morgan fingerprint density at radius 2 is 2.23 bits per heavy atom. The van der Waals surface area contributed by atoms with Gasteiger partial charge < -0.3 is 10.6 Å². The maximum absolute atomic E-state index is 12.5. The van der Waals surface area contributed by atoms with E-state index < -0.39 is 10.4 Å². The third-order valence-electron chi connectivity index (χ3n) is 3.30. The predicted octanol–water partition coefficient (Wildman–Crippen LogP) is 2.89. The van der Waals surface area contributed by atoms with Gasteiger partial charge in [-0.3, -0.25) is 14.9 Å². The summed E-state index contributed by atoms with van der Waals surface area (Å²) in [6.07, 6.45) is 2.07. The minimum atomic E-state index is -0.511. The van der Waals surface area contributed by atoms with Gasteiger partial charge in [-0.2, -0.15) is 0 Å². The molecule has 2 heterocycles. The van der Waals surface area contributed by atoms with Gasteiger partial charge >= 0.3 is 5.03 Å². The second-order valence-corrected chi connectivity index (χ2v) is 6.81. The number of carbonyl (C=O) groups is 1. The quantitative estimate of drug-likeness (QED) is 0.663. The van der Waals surface area contributed by atoms with E-state index in [9.17, 15) is 14.9 Å². The number of hydrogen-bond acceptors (Lipinski definition) is 6. The SMILES string of the molecule is CCc1c(C(=O)NC2NC=C([N+](=O)[O-])S2)sc2ccccc12. The maximum Gasteiger partial charge on any atom is 0.322 e. The minimum absolute atomic E-state index is 0.00245. The van der Waals surface area contributed by atoms with Crippen LogP contribution in [-0.2, 0) is 6.42 Å². The van der Waals surface area contributed by atoms with Crippen LogP contribution in [0.2, 0.25) is 0 Å². The van der Waals surface area contributed by atoms with Crippen LogP contribution in [0.1, 0.15) is 22.2 Å². The molecule has 0 fully saturated rings. The largest absolute Gasteiger partial charge is 0.356 e. The van der Waals surface area contributed by atoms with E-state index in [1.165, 1.54) is 17.5 Å². The lowest BCUT2D eigenvalue weighted by Gasteiger charge is -2.11. The summed E-state index contributed by atoms with van der Waals surface area (Å²) in [5.74, 6) is -0.207. The Morgan fingerprint density at radius 3 is 2.91 bits per heavy atom. The van der Waals surface area contributed by atoms with Crippen LogP contribution < -0.4 is 10.6 Å². The lowest BCUT2D eigenvalue weighted by atomic mass is 10.1. The molecule has 22 heavy (non-hydrogen) atoms. The summed E-state index contributed by atoms with van der Waals surface area (Å²) < 4.78 is 1.07. The summed E-state index contributed by atoms with van der Waals surface area (Å²) in [6.45, 7) is 2.01. The summed E-state index contributed by atoms with van der Waals surface area (Å²) >= 11 is 2.43. The third kappa shape index (κ3) is 2.67. The highest BCUT2D eigenvalue weighted by Gasteiger charge is 2.28. The smallest absolute Gasteiger partial charge is 0.322 e. The molecule has 0 saturated carbocycles. The van der Waals surface area contributed by atoms with Crippen LogP contribution in [0.5, 0.6) is 0 Å². The molecular weight excluding hydrogens is 322 g/mol. The zero-order chi connectivity index (χ0) is 15.7. The fourth-order valence-corrected chi connectivity index (χ4v) is 4.28. The van der Waals surface area contributed by atoms with Crippen molar-refractivity contribution in [3.05, 3.63) is 56.0 Å². The molecule has 1 amide bonds. The van der Waals surface area contributed by atoms with E-state index in [1.54, 1.807) is 0 Å². The molecule has 8 heteroatoms. The number of thiophene rings is 1. The van der Waals surface area contributed by atoms with Gasteiger partial charge in [0.1, 0.15) is 0 Å². The van der Waals surface area contributed by atoms with Crippen molar-refractivity contribution in [2.24, 2.45) is 0 Å². The van der Waals surface area contributed by atoms with E-state index in [1.807, 2.05) is 31.2 Å². The number of nitrogens with one attached hydrogen (secondary N) is 2. The van der Waals surface area contributed by atoms with Gasteiger partial charge in [-0.1, -0.05) is 25.1 Å². The number of fused-ring (bicyclic) bond motifs is 1. The zero-order valence-electron chi connectivity index (χ0n) is 11.7. The number of thioether (sulfide) groups is 1. The van der Waals surface area contributed by atoms with E-state index in [4.69, 9.17) is 0 Å². The van der Waals surface area contributed by atoms with Crippen LogP contribution in [0.15, 0.2) is 35.5 Å². The maximum atomic E-state index is 12.5. The summed E-state index contributed by atoms with van der Waals surface area (Å²) in [7, 11) is 0. The topological polar surface area (TPSA) is 84.3 Å². The van der Waals surface area contributed by atoms with E-state index >= 15 is 0 Å². The summed E-state index contributed by atoms with van der Waals surface area (Å²) in [4.78, 5) is 23.4. The van der Waals surface area contributed by atoms with Crippen molar-refractivity contribution in [1.82, 2.24) is 10.6 Å². The van der Waals surface area contributed by atoms with Crippen molar-refractivity contribution in [2.75, 3.05) is 0 Å². The summed E-state index contributed by atoms with van der Waals surface area (Å²) in [6, 6.07) is 7.90. The molecule has 0 saturated heterocycles. The molecule has 1 unspecified atom stereocenters. The van der Waals surface area contributed by atoms with Crippen LogP contribution in [0, 0.1) is 10.1 Å². The van der Waals surface area contributed by atoms with Gasteiger partial charge in [0, 0.05) is 4.70 Å². The Bertz CT molecular complexity index is 785. The van der Waals surface area contributed by atoms with E-state index in [2.05, 4.69) is 10.6 Å². The van der Waals surface area contributed by atoms with E-state index in [-0.39, 0.29) is 10.9 Å². The summed E-state index contributed by atoms with van der Waals surface area (Å²) in [5.41, 5.74) is 0.506. The molecule has 1 aromatic heterocycles. The van der Waals surface area contributed by atoms with Crippen LogP contribution in [0.4, 0.5) is 0 Å². The molecule has 0 bridgehead atoms. The lowest BCUT2D eigenvalue weighted by Crippen LogP contribution is -2.38. The second-order valence-electron chi connectivity index (χ2n) is 4.64. The number of amides is 1. The molecular formula is C14H13N3O3S2. The molecule has 1 atom stereocenters. The van der Waals surface area contributed by atoms with Crippen molar-refractivity contribution in [3.63, 3.8) is 0 Å². The van der Waals surface area contributed by atoms with E-state index in [0.717, 1.165) is 33.8 Å². The normalized spacial score (nSPS) is 17.1. The van der Waals surface area contributed by atoms with Crippen molar-refractivity contribution < 1.29 is 9.72 Å². The Balaban J connectivity index is 1.80. The average molecular weight is 335 g/mol. The van der Waals surface area contributed by atoms with Crippen LogP contribution in [-0.4, -0.2) is 16.3 Å². The van der Waals surface area contributed by atoms with Crippen LogP contribution >= 0.6 is 23.1 Å². The van der Waals surface area contributed by atoms with Gasteiger partial charge in [0.2, 0.25) is 0 Å². The molecule has 1 aromatic carbocycles. The third-order valence-corrected chi connectivity index (χ3v) is 5.51. The Hall–Kier alpha value is -2.06. The van der Waals surface area contributed by atoms with Crippen LogP contribution in [0.3, 0.4) is 0 Å². The Labute approximate surface area is 134 Å². The summed E-state index contributed by atoms with van der Waals surface area (Å²) in [5, 5.41) is 17.4. The number of carbonyl (C=O) groups excluding carboxylic acids is 1. The number of nitro groups is 1. The first-order valence-corrected chi connectivity index (χ1v) is 8.38. The molecule has 2 aromatic rings. The van der Waals surface area contributed by atoms with Gasteiger partial charge in [-0.05, 0) is 35.2 Å². The minimum Gasteiger partial charge on any atom is -0.356 e. The lowest BCUT2D eigenvalue weighted by molar-refractivity contribution is -0.410. The Morgan fingerprint density at radius 1 is 1.45 bits per heavy atom. The molecule has 0 aliphatic carbocycles. The van der Waals surface area contributed by atoms with Gasteiger partial charge in [-0.25, -0.2) is 0 Å². The molecule has 6 nitrogen and oxygen atoms in total. The second kappa shape index (κ2) is 5.98. The van der Waals surface area contributed by atoms with E-state index in [0.29, 0.717) is 4.88 Å². The number of nitrogens with zero attached hydrogens (tertiary/aromatic N) is 1. The molecule has 3 rings (SSSR count). The first-order chi connectivity index (χ1) is 10.6. The number of benzene rings is 1. The molecule has 0 radical (unpaired) electrons. The van der Waals surface area contributed by atoms with Crippen molar-refractivity contribution in [3.8, 4) is 0 Å². The highest BCUT2D eigenvalue weighted by Crippen LogP contribution is 2.32. The standard InChI is InChI=1S/C14H13N3O3S2/c1-2-8-9-5-3-4-6-10(9)21-12(8)13(18)16-14-15-7-11(22-14)17(19)20/h3-7,14-15H,2H2,1H3,(H,16,18). The molecule has 0 spiro atoms. The predicted molar refractivity (Wildman–Crippen MR) is 88.3 cm³/mol. The molecule has 1 aliphatic heterocycles. The fraction of sp³-hybridized carbons (Fsp3) is 0.214. The fourth-order valence-electron chi connectivity index (χ4n) is 2.32. The van der Waals surface area contributed by atoms with Crippen molar-refractivity contribution in [1.29, 1.82) is 0 Å². The van der Waals surface area contributed by atoms with Gasteiger partial charge in [-0.15, -0.1) is 11.3 Å². The van der Waals surface area contributed by atoms with Gasteiger partial charge in [0.15, 0.2) is 5.50 Å². The first-order valence-electron chi connectivity index (χ1n) is 6.68. The van der Waals surface area contributed by atoms with Crippen molar-refractivity contribution in [2.45, 2.75) is 18.8 Å². The average Bonchev–Trinajstić information content (AvgIpc) is 3.10.